The minimum atomic E-state index is -1.32. The van der Waals surface area contributed by atoms with Crippen LogP contribution in [0.4, 0.5) is 4.79 Å². The van der Waals surface area contributed by atoms with E-state index in [-0.39, 0.29) is 32.2 Å². The first-order valence-electron chi connectivity index (χ1n) is 11.5. The minimum Gasteiger partial charge on any atom is -0.480 e. The Bertz CT molecular complexity index is 1130. The summed E-state index contributed by atoms with van der Waals surface area (Å²) in [6.07, 6.45) is -0.727. The third kappa shape index (κ3) is 4.71. The number of aliphatic carboxylic acids is 1. The lowest BCUT2D eigenvalue weighted by atomic mass is 9.98. The molecule has 9 heteroatoms. The fraction of sp³-hybridized carbons (Fsp3) is 0.385. The molecule has 2 N–H and O–H groups in total. The molecule has 1 heterocycles. The molecule has 1 unspecified atom stereocenters. The van der Waals surface area contributed by atoms with Gasteiger partial charge in [-0.15, -0.1) is 0 Å². The van der Waals surface area contributed by atoms with Crippen LogP contribution in [-0.2, 0) is 19.1 Å². The first kappa shape index (κ1) is 24.3. The second-order valence-corrected chi connectivity index (χ2v) is 9.40. The van der Waals surface area contributed by atoms with E-state index in [1.54, 1.807) is 13.8 Å². The van der Waals surface area contributed by atoms with Crippen LogP contribution in [0.2, 0.25) is 0 Å². The first-order valence-corrected chi connectivity index (χ1v) is 11.5. The van der Waals surface area contributed by atoms with Gasteiger partial charge in [-0.2, -0.15) is 0 Å². The average molecular weight is 480 g/mol. The van der Waals surface area contributed by atoms with Crippen LogP contribution in [0.25, 0.3) is 11.1 Å². The van der Waals surface area contributed by atoms with Crippen molar-refractivity contribution in [2.45, 2.75) is 38.3 Å². The highest BCUT2D eigenvalue weighted by Crippen LogP contribution is 2.44. The molecule has 1 aliphatic carbocycles. The minimum absolute atomic E-state index is 0.103. The van der Waals surface area contributed by atoms with Crippen molar-refractivity contribution in [1.82, 2.24) is 15.1 Å². The fourth-order valence-corrected chi connectivity index (χ4v) is 4.74. The second-order valence-electron chi connectivity index (χ2n) is 9.40. The zero-order valence-electron chi connectivity index (χ0n) is 20.0. The number of alkyl carbamates (subject to hydrolysis) is 1. The lowest BCUT2D eigenvalue weighted by Crippen LogP contribution is -2.62. The normalized spacial score (nSPS) is 16.4. The Balaban J connectivity index is 1.37. The van der Waals surface area contributed by atoms with Gasteiger partial charge in [0.2, 0.25) is 11.8 Å². The molecule has 2 aliphatic rings. The summed E-state index contributed by atoms with van der Waals surface area (Å²) in [6, 6.07) is 15.1. The third-order valence-electron chi connectivity index (χ3n) is 6.66. The number of hydrogen-bond acceptors (Lipinski definition) is 5. The predicted octanol–water partition coefficient (Wildman–Crippen LogP) is 2.45. The average Bonchev–Trinajstić information content (AvgIpc) is 3.15. The van der Waals surface area contributed by atoms with Gasteiger partial charge < -0.3 is 25.0 Å². The molecule has 1 atom stereocenters. The van der Waals surface area contributed by atoms with E-state index in [0.29, 0.717) is 0 Å². The van der Waals surface area contributed by atoms with Crippen LogP contribution in [0.3, 0.4) is 0 Å². The summed E-state index contributed by atoms with van der Waals surface area (Å²) in [5, 5.41) is 11.8. The van der Waals surface area contributed by atoms with Gasteiger partial charge in [0.05, 0.1) is 6.54 Å². The number of benzene rings is 2. The van der Waals surface area contributed by atoms with Crippen molar-refractivity contribution in [3.8, 4) is 11.1 Å². The molecule has 4 rings (SSSR count). The molecule has 0 radical (unpaired) electrons. The number of fused-ring (bicyclic) bond motifs is 3. The Morgan fingerprint density at radius 3 is 2.17 bits per heavy atom. The highest BCUT2D eigenvalue weighted by molar-refractivity contribution is 5.94. The standard InChI is InChI=1S/C26H29N3O6/c1-16(23(31)32)29-13-12-28(14-22(29)30)24(33)26(2,3)27-25(34)35-15-21-19-10-6-4-8-17(19)18-9-5-7-11-20(18)21/h4-11,16,21H,12-15H2,1-3H3,(H,27,34)(H,31,32). The summed E-state index contributed by atoms with van der Waals surface area (Å²) in [6.45, 7) is 4.69. The van der Waals surface area contributed by atoms with Gasteiger partial charge in [-0.25, -0.2) is 9.59 Å². The van der Waals surface area contributed by atoms with Gasteiger partial charge in [0, 0.05) is 19.0 Å². The number of hydrogen-bond donors (Lipinski definition) is 2. The van der Waals surface area contributed by atoms with Crippen LogP contribution in [0, 0.1) is 0 Å². The maximum Gasteiger partial charge on any atom is 0.408 e. The molecule has 0 bridgehead atoms. The number of nitrogens with one attached hydrogen (secondary N) is 1. The second kappa shape index (κ2) is 9.40. The molecule has 0 aromatic heterocycles. The number of piperazine rings is 1. The van der Waals surface area contributed by atoms with Crippen molar-refractivity contribution in [2.24, 2.45) is 0 Å². The highest BCUT2D eigenvalue weighted by Gasteiger charge is 2.39. The van der Waals surface area contributed by atoms with E-state index in [1.165, 1.54) is 16.7 Å². The molecule has 35 heavy (non-hydrogen) atoms. The van der Waals surface area contributed by atoms with E-state index in [1.807, 2.05) is 48.5 Å². The number of rotatable bonds is 6. The van der Waals surface area contributed by atoms with E-state index < -0.39 is 35.5 Å². The van der Waals surface area contributed by atoms with Gasteiger partial charge >= 0.3 is 12.1 Å². The molecular formula is C26H29N3O6. The van der Waals surface area contributed by atoms with E-state index in [0.717, 1.165) is 22.3 Å². The smallest absolute Gasteiger partial charge is 0.408 e. The maximum absolute atomic E-state index is 13.1. The largest absolute Gasteiger partial charge is 0.480 e. The van der Waals surface area contributed by atoms with Crippen LogP contribution >= 0.6 is 0 Å². The van der Waals surface area contributed by atoms with E-state index in [4.69, 9.17) is 9.84 Å². The Labute approximate surface area is 203 Å². The van der Waals surface area contributed by atoms with Gasteiger partial charge in [-0.1, -0.05) is 48.5 Å². The van der Waals surface area contributed by atoms with Crippen LogP contribution < -0.4 is 5.32 Å². The summed E-state index contributed by atoms with van der Waals surface area (Å²) < 4.78 is 5.55. The number of carboxylic acids is 1. The van der Waals surface area contributed by atoms with Gasteiger partial charge in [-0.3, -0.25) is 9.59 Å². The van der Waals surface area contributed by atoms with Crippen molar-refractivity contribution < 1.29 is 29.0 Å². The summed E-state index contributed by atoms with van der Waals surface area (Å²) in [4.78, 5) is 51.9. The van der Waals surface area contributed by atoms with Crippen LogP contribution in [-0.4, -0.2) is 76.6 Å². The molecule has 3 amide bonds. The van der Waals surface area contributed by atoms with Crippen molar-refractivity contribution in [2.75, 3.05) is 26.2 Å². The molecule has 0 spiro atoms. The lowest BCUT2D eigenvalue weighted by Gasteiger charge is -2.39. The summed E-state index contributed by atoms with van der Waals surface area (Å²) in [7, 11) is 0. The summed E-state index contributed by atoms with van der Waals surface area (Å²) in [5.41, 5.74) is 3.10. The number of amides is 3. The molecular weight excluding hydrogens is 450 g/mol. The monoisotopic (exact) mass is 479 g/mol. The number of carbonyl (C=O) groups is 4. The van der Waals surface area contributed by atoms with Crippen molar-refractivity contribution in [3.63, 3.8) is 0 Å². The van der Waals surface area contributed by atoms with Gasteiger partial charge in [0.25, 0.3) is 0 Å². The van der Waals surface area contributed by atoms with E-state index in [2.05, 4.69) is 5.32 Å². The first-order chi connectivity index (χ1) is 16.6. The zero-order valence-corrected chi connectivity index (χ0v) is 20.0. The number of carbonyl (C=O) groups excluding carboxylic acids is 3. The molecule has 9 nitrogen and oxygen atoms in total. The lowest BCUT2D eigenvalue weighted by molar-refractivity contribution is -0.156. The van der Waals surface area contributed by atoms with E-state index in [9.17, 15) is 19.2 Å². The molecule has 2 aromatic carbocycles. The molecule has 184 valence electrons. The number of ether oxygens (including phenoxy) is 1. The predicted molar refractivity (Wildman–Crippen MR) is 128 cm³/mol. The quantitative estimate of drug-likeness (QED) is 0.658. The van der Waals surface area contributed by atoms with Crippen molar-refractivity contribution in [1.29, 1.82) is 0 Å². The Morgan fingerprint density at radius 1 is 1.06 bits per heavy atom. The van der Waals surface area contributed by atoms with Crippen molar-refractivity contribution in [3.05, 3.63) is 59.7 Å². The summed E-state index contributed by atoms with van der Waals surface area (Å²) in [5.74, 6) is -2.09. The molecule has 1 fully saturated rings. The number of carboxylic acid groups (broad SMARTS) is 1. The van der Waals surface area contributed by atoms with E-state index >= 15 is 0 Å². The maximum atomic E-state index is 13.1. The Morgan fingerprint density at radius 2 is 1.63 bits per heavy atom. The fourth-order valence-electron chi connectivity index (χ4n) is 4.74. The van der Waals surface area contributed by atoms with Crippen LogP contribution in [0.5, 0.6) is 0 Å². The third-order valence-corrected chi connectivity index (χ3v) is 6.66. The van der Waals surface area contributed by atoms with Crippen LogP contribution in [0.15, 0.2) is 48.5 Å². The van der Waals surface area contributed by atoms with Gasteiger partial charge in [0.15, 0.2) is 0 Å². The van der Waals surface area contributed by atoms with Gasteiger partial charge in [0.1, 0.15) is 18.2 Å². The van der Waals surface area contributed by atoms with Crippen molar-refractivity contribution >= 4 is 23.9 Å². The molecule has 0 saturated carbocycles. The van der Waals surface area contributed by atoms with Crippen LogP contribution in [0.1, 0.15) is 37.8 Å². The Kier molecular flexibility index (Phi) is 6.51. The summed E-state index contributed by atoms with van der Waals surface area (Å²) >= 11 is 0. The topological polar surface area (TPSA) is 116 Å². The Hall–Kier alpha value is -3.88. The zero-order chi connectivity index (χ0) is 25.3. The highest BCUT2D eigenvalue weighted by atomic mass is 16.5. The molecule has 2 aromatic rings. The molecule has 1 aliphatic heterocycles. The number of nitrogens with zero attached hydrogens (tertiary/aromatic N) is 2. The SMILES string of the molecule is CC(C(=O)O)N1CCN(C(=O)C(C)(C)NC(=O)OCC2c3ccccc3-c3ccccc32)CC1=O. The molecule has 1 saturated heterocycles. The van der Waals surface area contributed by atoms with Gasteiger partial charge in [-0.05, 0) is 43.0 Å².